The maximum atomic E-state index is 13.1. The average molecular weight is 470 g/mol. The zero-order valence-corrected chi connectivity index (χ0v) is 18.3. The molecule has 0 unspecified atom stereocenters. The third-order valence-electron chi connectivity index (χ3n) is 5.23. The van der Waals surface area contributed by atoms with E-state index in [0.29, 0.717) is 41.9 Å². The van der Waals surface area contributed by atoms with Gasteiger partial charge in [0.2, 0.25) is 11.9 Å². The third kappa shape index (κ3) is 6.22. The summed E-state index contributed by atoms with van der Waals surface area (Å²) in [6.07, 6.45) is 2.01. The van der Waals surface area contributed by atoms with Gasteiger partial charge in [-0.15, -0.1) is 0 Å². The number of nitrogens with one attached hydrogen (secondary N) is 2. The fourth-order valence-electron chi connectivity index (χ4n) is 3.63. The van der Waals surface area contributed by atoms with Gasteiger partial charge in [-0.3, -0.25) is 4.79 Å². The molecule has 0 spiro atoms. The standard InChI is InChI=1S/C19H25Cl2N7O3/c20-13-4-3-12(15(21)9-13)8-16(22)17(29)28-7-6-27(19(30)31)10-14(28)2-1-5-23-18-24-11-25-26-18/h3-4,9,11,14,16H,1-2,5-8,10,22H2,(H,30,31)(H2,23,24,25,26)/t14-,16+/m0/s1. The number of nitrogens with zero attached hydrogens (tertiary/aromatic N) is 4. The first-order chi connectivity index (χ1) is 14.8. The number of carboxylic acid groups (broad SMARTS) is 1. The highest BCUT2D eigenvalue weighted by Crippen LogP contribution is 2.23. The van der Waals surface area contributed by atoms with E-state index in [-0.39, 0.29) is 31.5 Å². The van der Waals surface area contributed by atoms with Crippen molar-refractivity contribution in [2.75, 3.05) is 31.5 Å². The van der Waals surface area contributed by atoms with Gasteiger partial charge in [0.1, 0.15) is 6.33 Å². The quantitative estimate of drug-likeness (QED) is 0.433. The Morgan fingerprint density at radius 3 is 2.84 bits per heavy atom. The number of carbonyl (C=O) groups is 2. The van der Waals surface area contributed by atoms with Crippen molar-refractivity contribution in [3.8, 4) is 0 Å². The van der Waals surface area contributed by atoms with Crippen molar-refractivity contribution in [1.82, 2.24) is 25.0 Å². The van der Waals surface area contributed by atoms with Crippen molar-refractivity contribution >= 4 is 41.2 Å². The predicted octanol–water partition coefficient (Wildman–Crippen LogP) is 2.06. The maximum Gasteiger partial charge on any atom is 0.407 e. The van der Waals surface area contributed by atoms with Crippen LogP contribution in [-0.2, 0) is 11.2 Å². The van der Waals surface area contributed by atoms with Gasteiger partial charge in [0.15, 0.2) is 0 Å². The number of carbonyl (C=O) groups excluding carboxylic acids is 1. The average Bonchev–Trinajstić information content (AvgIpc) is 3.26. The molecule has 5 N–H and O–H groups in total. The maximum absolute atomic E-state index is 13.1. The molecule has 1 saturated heterocycles. The highest BCUT2D eigenvalue weighted by atomic mass is 35.5. The van der Waals surface area contributed by atoms with Crippen LogP contribution in [0.25, 0.3) is 0 Å². The zero-order valence-electron chi connectivity index (χ0n) is 16.8. The molecule has 2 heterocycles. The summed E-state index contributed by atoms with van der Waals surface area (Å²) in [5, 5.41) is 19.9. The highest BCUT2D eigenvalue weighted by molar-refractivity contribution is 6.35. The van der Waals surface area contributed by atoms with Crippen molar-refractivity contribution < 1.29 is 14.7 Å². The summed E-state index contributed by atoms with van der Waals surface area (Å²) >= 11 is 12.1. The summed E-state index contributed by atoms with van der Waals surface area (Å²) in [4.78, 5) is 31.6. The zero-order chi connectivity index (χ0) is 22.4. The van der Waals surface area contributed by atoms with Gasteiger partial charge in [-0.1, -0.05) is 29.3 Å². The van der Waals surface area contributed by atoms with Crippen LogP contribution in [0.15, 0.2) is 24.5 Å². The van der Waals surface area contributed by atoms with Gasteiger partial charge in [-0.25, -0.2) is 14.9 Å². The van der Waals surface area contributed by atoms with E-state index in [1.54, 1.807) is 23.1 Å². The molecule has 2 atom stereocenters. The molecule has 2 aromatic rings. The monoisotopic (exact) mass is 469 g/mol. The molecule has 2 amide bonds. The minimum Gasteiger partial charge on any atom is -0.465 e. The van der Waals surface area contributed by atoms with Crippen molar-refractivity contribution in [2.45, 2.75) is 31.3 Å². The summed E-state index contributed by atoms with van der Waals surface area (Å²) in [5.41, 5.74) is 6.96. The largest absolute Gasteiger partial charge is 0.465 e. The van der Waals surface area contributed by atoms with Crippen LogP contribution in [0.4, 0.5) is 10.7 Å². The Morgan fingerprint density at radius 1 is 1.35 bits per heavy atom. The van der Waals surface area contributed by atoms with Crippen LogP contribution in [0.1, 0.15) is 18.4 Å². The Bertz CT molecular complexity index is 897. The number of benzene rings is 1. The number of H-pyrrole nitrogens is 1. The number of anilines is 1. The number of aromatic nitrogens is 3. The number of aromatic amines is 1. The molecule has 1 aliphatic rings. The first-order valence-electron chi connectivity index (χ1n) is 9.92. The van der Waals surface area contributed by atoms with E-state index in [0.717, 1.165) is 5.56 Å². The second-order valence-corrected chi connectivity index (χ2v) is 8.21. The number of piperazine rings is 1. The molecule has 1 aromatic carbocycles. The molecule has 0 aliphatic carbocycles. The lowest BCUT2D eigenvalue weighted by atomic mass is 10.0. The molecule has 31 heavy (non-hydrogen) atoms. The highest BCUT2D eigenvalue weighted by Gasteiger charge is 2.34. The molecule has 1 aromatic heterocycles. The van der Waals surface area contributed by atoms with E-state index in [2.05, 4.69) is 20.5 Å². The lowest BCUT2D eigenvalue weighted by Gasteiger charge is -2.41. The van der Waals surface area contributed by atoms with Crippen LogP contribution in [0.3, 0.4) is 0 Å². The van der Waals surface area contributed by atoms with E-state index in [1.807, 2.05) is 0 Å². The normalized spacial score (nSPS) is 17.5. The van der Waals surface area contributed by atoms with Crippen molar-refractivity contribution in [3.05, 3.63) is 40.1 Å². The molecule has 1 aliphatic heterocycles. The van der Waals surface area contributed by atoms with E-state index >= 15 is 0 Å². The van der Waals surface area contributed by atoms with Gasteiger partial charge in [0.25, 0.3) is 0 Å². The molecular weight excluding hydrogens is 445 g/mol. The van der Waals surface area contributed by atoms with Gasteiger partial charge in [0.05, 0.1) is 6.04 Å². The second-order valence-electron chi connectivity index (χ2n) is 7.36. The summed E-state index contributed by atoms with van der Waals surface area (Å²) in [7, 11) is 0. The van der Waals surface area contributed by atoms with E-state index in [4.69, 9.17) is 28.9 Å². The number of rotatable bonds is 8. The number of hydrogen-bond donors (Lipinski definition) is 4. The van der Waals surface area contributed by atoms with Crippen LogP contribution < -0.4 is 11.1 Å². The SMILES string of the molecule is N[C@H](Cc1ccc(Cl)cc1Cl)C(=O)N1CCN(C(=O)O)C[C@@H]1CCCNc1ncn[nH]1. The van der Waals surface area contributed by atoms with Gasteiger partial charge in [-0.05, 0) is 37.0 Å². The minimum absolute atomic E-state index is 0.218. The van der Waals surface area contributed by atoms with Gasteiger partial charge in [-0.2, -0.15) is 5.10 Å². The van der Waals surface area contributed by atoms with Crippen molar-refractivity contribution in [2.24, 2.45) is 5.73 Å². The fourth-order valence-corrected chi connectivity index (χ4v) is 4.11. The van der Waals surface area contributed by atoms with E-state index < -0.39 is 12.1 Å². The van der Waals surface area contributed by atoms with Crippen molar-refractivity contribution in [3.63, 3.8) is 0 Å². The van der Waals surface area contributed by atoms with Crippen LogP contribution in [0.2, 0.25) is 10.0 Å². The molecule has 0 radical (unpaired) electrons. The molecule has 3 rings (SSSR count). The summed E-state index contributed by atoms with van der Waals surface area (Å²) in [6.45, 7) is 1.40. The third-order valence-corrected chi connectivity index (χ3v) is 5.82. The molecule has 1 fully saturated rings. The van der Waals surface area contributed by atoms with Crippen molar-refractivity contribution in [1.29, 1.82) is 0 Å². The topological polar surface area (TPSA) is 140 Å². The molecule has 12 heteroatoms. The summed E-state index contributed by atoms with van der Waals surface area (Å²) < 4.78 is 0. The Morgan fingerprint density at radius 2 is 2.16 bits per heavy atom. The van der Waals surface area contributed by atoms with Crippen LogP contribution in [-0.4, -0.2) is 80.4 Å². The molecule has 168 valence electrons. The number of halogens is 2. The first-order valence-corrected chi connectivity index (χ1v) is 10.7. The Labute approximate surface area is 189 Å². The summed E-state index contributed by atoms with van der Waals surface area (Å²) in [6, 6.07) is 4.03. The molecular formula is C19H25Cl2N7O3. The number of hydrogen-bond acceptors (Lipinski definition) is 6. The van der Waals surface area contributed by atoms with Gasteiger partial charge < -0.3 is 26.0 Å². The smallest absolute Gasteiger partial charge is 0.407 e. The molecule has 0 saturated carbocycles. The van der Waals surface area contributed by atoms with Gasteiger partial charge >= 0.3 is 6.09 Å². The fraction of sp³-hybridized carbons (Fsp3) is 0.474. The number of amides is 2. The Balaban J connectivity index is 1.61. The predicted molar refractivity (Wildman–Crippen MR) is 117 cm³/mol. The second kappa shape index (κ2) is 10.7. The Kier molecular flexibility index (Phi) is 7.94. The van der Waals surface area contributed by atoms with Gasteiger partial charge in [0, 0.05) is 42.3 Å². The molecule has 0 bridgehead atoms. The van der Waals surface area contributed by atoms with E-state index in [1.165, 1.54) is 11.2 Å². The first kappa shape index (κ1) is 23.1. The summed E-state index contributed by atoms with van der Waals surface area (Å²) in [5.74, 6) is 0.342. The minimum atomic E-state index is -0.992. The van der Waals surface area contributed by atoms with E-state index in [9.17, 15) is 14.7 Å². The van der Waals surface area contributed by atoms with Crippen LogP contribution in [0.5, 0.6) is 0 Å². The van der Waals surface area contributed by atoms with Crippen LogP contribution in [0, 0.1) is 0 Å². The lowest BCUT2D eigenvalue weighted by molar-refractivity contribution is -0.137. The molecule has 10 nitrogen and oxygen atoms in total. The Hall–Kier alpha value is -2.56. The number of nitrogens with two attached hydrogens (primary N) is 1. The lowest BCUT2D eigenvalue weighted by Crippen LogP contribution is -2.59. The van der Waals surface area contributed by atoms with Crippen LogP contribution >= 0.6 is 23.2 Å².